The number of para-hydroxylation sites is 1. The van der Waals surface area contributed by atoms with Crippen LogP contribution in [-0.4, -0.2) is 32.3 Å². The number of primary amides is 1. The molecule has 26 heavy (non-hydrogen) atoms. The van der Waals surface area contributed by atoms with Gasteiger partial charge in [0.05, 0.1) is 24.9 Å². The molecule has 0 radical (unpaired) electrons. The van der Waals surface area contributed by atoms with Gasteiger partial charge in [-0.15, -0.1) is 0 Å². The topological polar surface area (TPSA) is 95.9 Å². The number of nitrogens with zero attached hydrogens (tertiary/aromatic N) is 4. The molecule has 0 spiro atoms. The van der Waals surface area contributed by atoms with E-state index < -0.39 is 5.91 Å². The van der Waals surface area contributed by atoms with Gasteiger partial charge in [-0.05, 0) is 36.6 Å². The van der Waals surface area contributed by atoms with Crippen molar-refractivity contribution in [3.63, 3.8) is 0 Å². The highest BCUT2D eigenvalue weighted by Gasteiger charge is 2.25. The van der Waals surface area contributed by atoms with Crippen LogP contribution in [0.3, 0.4) is 0 Å². The Morgan fingerprint density at radius 3 is 2.96 bits per heavy atom. The zero-order valence-electron chi connectivity index (χ0n) is 14.2. The summed E-state index contributed by atoms with van der Waals surface area (Å²) in [6.07, 6.45) is 5.06. The highest BCUT2D eigenvalue weighted by molar-refractivity contribution is 5.75. The average Bonchev–Trinajstić information content (AvgIpc) is 2.93. The first-order valence-corrected chi connectivity index (χ1v) is 8.56. The average molecular weight is 349 g/mol. The smallest absolute Gasteiger partial charge is 0.225 e. The van der Waals surface area contributed by atoms with E-state index in [9.17, 15) is 4.79 Å². The third-order valence-electron chi connectivity index (χ3n) is 4.43. The number of benzene rings is 1. The quantitative estimate of drug-likeness (QED) is 0.775. The van der Waals surface area contributed by atoms with Gasteiger partial charge < -0.3 is 10.5 Å². The summed E-state index contributed by atoms with van der Waals surface area (Å²) in [5.41, 5.74) is 7.28. The minimum atomic E-state index is -0.450. The van der Waals surface area contributed by atoms with Crippen molar-refractivity contribution in [3.05, 3.63) is 66.0 Å². The summed E-state index contributed by atoms with van der Waals surface area (Å²) in [6, 6.07) is 11.8. The number of carbonyl (C=O) groups excluding carboxylic acids is 1. The van der Waals surface area contributed by atoms with Crippen molar-refractivity contribution < 1.29 is 9.53 Å². The number of ether oxygens (including phenoxy) is 1. The molecule has 7 nitrogen and oxygen atoms in total. The van der Waals surface area contributed by atoms with Crippen molar-refractivity contribution >= 4 is 5.91 Å². The molecule has 1 amide bonds. The molecule has 0 saturated heterocycles. The number of amides is 1. The van der Waals surface area contributed by atoms with Crippen LogP contribution in [0.15, 0.2) is 48.8 Å². The third kappa shape index (κ3) is 3.28. The lowest BCUT2D eigenvalue weighted by molar-refractivity contribution is -0.117. The maximum Gasteiger partial charge on any atom is 0.225 e. The van der Waals surface area contributed by atoms with Gasteiger partial charge in [0.15, 0.2) is 5.82 Å². The van der Waals surface area contributed by atoms with Crippen LogP contribution in [0.4, 0.5) is 0 Å². The van der Waals surface area contributed by atoms with Gasteiger partial charge in [-0.25, -0.2) is 9.67 Å². The van der Waals surface area contributed by atoms with E-state index >= 15 is 0 Å². The fourth-order valence-corrected chi connectivity index (χ4v) is 3.24. The maximum absolute atomic E-state index is 11.3. The molecule has 0 bridgehead atoms. The van der Waals surface area contributed by atoms with Gasteiger partial charge in [0.25, 0.3) is 0 Å². The molecule has 1 atom stereocenters. The summed E-state index contributed by atoms with van der Waals surface area (Å²) in [4.78, 5) is 20.1. The number of rotatable bonds is 4. The predicted molar refractivity (Wildman–Crippen MR) is 95.1 cm³/mol. The van der Waals surface area contributed by atoms with Crippen LogP contribution in [0.5, 0.6) is 5.75 Å². The van der Waals surface area contributed by atoms with Crippen LogP contribution in [-0.2, 0) is 17.6 Å². The number of carbonyl (C=O) groups is 1. The van der Waals surface area contributed by atoms with Crippen molar-refractivity contribution in [2.24, 2.45) is 5.73 Å². The number of aromatic nitrogens is 4. The molecule has 2 N–H and O–H groups in total. The van der Waals surface area contributed by atoms with E-state index in [-0.39, 0.29) is 12.3 Å². The zero-order valence-corrected chi connectivity index (χ0v) is 14.2. The van der Waals surface area contributed by atoms with Gasteiger partial charge in [0.1, 0.15) is 11.6 Å². The Labute approximate surface area is 150 Å². The molecule has 1 aliphatic heterocycles. The molecule has 4 rings (SSSR count). The van der Waals surface area contributed by atoms with E-state index in [1.165, 1.54) is 0 Å². The molecule has 7 heteroatoms. The van der Waals surface area contributed by atoms with Crippen LogP contribution in [0.25, 0.3) is 5.69 Å². The molecule has 1 unspecified atom stereocenters. The van der Waals surface area contributed by atoms with Crippen LogP contribution in [0.1, 0.15) is 29.6 Å². The number of pyridine rings is 1. The predicted octanol–water partition coefficient (Wildman–Crippen LogP) is 1.80. The molecule has 0 fully saturated rings. The summed E-state index contributed by atoms with van der Waals surface area (Å²) in [5, 5.41) is 4.51. The molecule has 0 aliphatic carbocycles. The Morgan fingerprint density at radius 1 is 1.27 bits per heavy atom. The first-order chi connectivity index (χ1) is 12.7. The molecule has 3 aromatic rings. The van der Waals surface area contributed by atoms with E-state index in [1.54, 1.807) is 17.1 Å². The third-order valence-corrected chi connectivity index (χ3v) is 4.43. The molecule has 3 heterocycles. The highest BCUT2D eigenvalue weighted by atomic mass is 16.5. The van der Waals surface area contributed by atoms with Crippen molar-refractivity contribution in [3.8, 4) is 11.4 Å². The summed E-state index contributed by atoms with van der Waals surface area (Å²) in [6.45, 7) is 0.604. The number of fused-ring (bicyclic) bond motifs is 1. The number of nitrogens with two attached hydrogens (primary N) is 1. The molecule has 132 valence electrons. The summed E-state index contributed by atoms with van der Waals surface area (Å²) < 4.78 is 7.64. The molecule has 0 saturated carbocycles. The molecular formula is C19H19N5O2. The number of hydrogen-bond donors (Lipinski definition) is 1. The lowest BCUT2D eigenvalue weighted by atomic mass is 9.96. The second kappa shape index (κ2) is 6.95. The Morgan fingerprint density at radius 2 is 2.15 bits per heavy atom. The van der Waals surface area contributed by atoms with Crippen LogP contribution >= 0.6 is 0 Å². The van der Waals surface area contributed by atoms with Crippen molar-refractivity contribution in [1.29, 1.82) is 0 Å². The first-order valence-electron chi connectivity index (χ1n) is 8.56. The Bertz CT molecular complexity index is 923. The monoisotopic (exact) mass is 349 g/mol. The molecule has 1 aliphatic rings. The second-order valence-corrected chi connectivity index (χ2v) is 6.30. The van der Waals surface area contributed by atoms with Crippen LogP contribution in [0, 0.1) is 0 Å². The fourth-order valence-electron chi connectivity index (χ4n) is 3.24. The van der Waals surface area contributed by atoms with E-state index in [1.807, 2.05) is 30.3 Å². The summed E-state index contributed by atoms with van der Waals surface area (Å²) in [5.74, 6) is 1.81. The van der Waals surface area contributed by atoms with Crippen LogP contribution < -0.4 is 10.5 Å². The van der Waals surface area contributed by atoms with E-state index in [0.717, 1.165) is 35.7 Å². The van der Waals surface area contributed by atoms with Gasteiger partial charge in [0.2, 0.25) is 5.91 Å². The van der Waals surface area contributed by atoms with Crippen molar-refractivity contribution in [2.75, 3.05) is 6.61 Å². The Hall–Kier alpha value is -3.22. The van der Waals surface area contributed by atoms with Crippen LogP contribution in [0.2, 0.25) is 0 Å². The summed E-state index contributed by atoms with van der Waals surface area (Å²) >= 11 is 0. The van der Waals surface area contributed by atoms with Crippen molar-refractivity contribution in [1.82, 2.24) is 19.7 Å². The van der Waals surface area contributed by atoms with Gasteiger partial charge in [-0.2, -0.15) is 5.10 Å². The zero-order chi connectivity index (χ0) is 17.9. The van der Waals surface area contributed by atoms with E-state index in [4.69, 9.17) is 10.5 Å². The van der Waals surface area contributed by atoms with Gasteiger partial charge in [-0.3, -0.25) is 9.78 Å². The second-order valence-electron chi connectivity index (χ2n) is 6.30. The Balaban J connectivity index is 1.75. The largest absolute Gasteiger partial charge is 0.493 e. The minimum absolute atomic E-state index is 0.0140. The standard InChI is InChI=1S/C19H19N5O2/c20-17(25)11-18-22-19(24(23-18)15-5-3-8-21-12-15)14-7-9-26-16-6-2-1-4-13(16)10-14/h1-6,8,12,14H,7,9-11H2,(H2,20,25). The fraction of sp³-hybridized carbons (Fsp3) is 0.263. The maximum atomic E-state index is 11.3. The molecule has 1 aromatic carbocycles. The molecular weight excluding hydrogens is 330 g/mol. The van der Waals surface area contributed by atoms with Gasteiger partial charge >= 0.3 is 0 Å². The van der Waals surface area contributed by atoms with Crippen molar-refractivity contribution in [2.45, 2.75) is 25.2 Å². The lowest BCUT2D eigenvalue weighted by Crippen LogP contribution is -2.14. The first kappa shape index (κ1) is 16.3. The van der Waals surface area contributed by atoms with E-state index in [2.05, 4.69) is 21.1 Å². The summed E-state index contributed by atoms with van der Waals surface area (Å²) in [7, 11) is 0. The minimum Gasteiger partial charge on any atom is -0.493 e. The van der Waals surface area contributed by atoms with Gasteiger partial charge in [-0.1, -0.05) is 18.2 Å². The number of hydrogen-bond acceptors (Lipinski definition) is 5. The Kier molecular flexibility index (Phi) is 4.35. The molecule has 2 aromatic heterocycles. The van der Waals surface area contributed by atoms with E-state index in [0.29, 0.717) is 12.4 Å². The highest BCUT2D eigenvalue weighted by Crippen LogP contribution is 2.32. The SMILES string of the molecule is NC(=O)Cc1nc(C2CCOc3ccccc3C2)n(-c2cccnc2)n1. The van der Waals surface area contributed by atoms with Gasteiger partial charge in [0, 0.05) is 12.1 Å². The lowest BCUT2D eigenvalue weighted by Gasteiger charge is -2.14. The normalized spacial score (nSPS) is 16.4.